The van der Waals surface area contributed by atoms with Crippen LogP contribution in [0.3, 0.4) is 0 Å². The van der Waals surface area contributed by atoms with E-state index >= 15 is 0 Å². The van der Waals surface area contributed by atoms with Gasteiger partial charge in [0.15, 0.2) is 0 Å². The lowest BCUT2D eigenvalue weighted by molar-refractivity contribution is -0.139. The molecular formula is C10H15NO5. The average molecular weight is 229 g/mol. The molecule has 6 nitrogen and oxygen atoms in total. The molecule has 1 N–H and O–H groups in total. The molecule has 0 aliphatic carbocycles. The molecule has 90 valence electrons. The standard InChI is InChI=1S/C10H15NO5/c1-3-8(12)11-6-7-16-10(14)5-4-9(13)15-2/h4-5H,3,6-7H2,1-2H3,(H,11,12). The van der Waals surface area contributed by atoms with Crippen molar-refractivity contribution in [1.29, 1.82) is 0 Å². The molecule has 0 aliphatic rings. The Morgan fingerprint density at radius 2 is 1.81 bits per heavy atom. The van der Waals surface area contributed by atoms with E-state index in [0.29, 0.717) is 6.42 Å². The van der Waals surface area contributed by atoms with Crippen molar-refractivity contribution in [2.24, 2.45) is 0 Å². The Labute approximate surface area is 93.6 Å². The van der Waals surface area contributed by atoms with E-state index in [1.165, 1.54) is 7.11 Å². The molecule has 0 radical (unpaired) electrons. The van der Waals surface area contributed by atoms with Gasteiger partial charge in [-0.05, 0) is 0 Å². The summed E-state index contributed by atoms with van der Waals surface area (Å²) >= 11 is 0. The zero-order valence-electron chi connectivity index (χ0n) is 9.32. The summed E-state index contributed by atoms with van der Waals surface area (Å²) < 4.78 is 8.97. The molecule has 0 saturated carbocycles. The number of carbonyl (C=O) groups is 3. The molecule has 0 saturated heterocycles. The number of methoxy groups -OCH3 is 1. The van der Waals surface area contributed by atoms with E-state index in [1.54, 1.807) is 6.92 Å². The number of hydrogen-bond donors (Lipinski definition) is 1. The van der Waals surface area contributed by atoms with E-state index in [4.69, 9.17) is 0 Å². The zero-order chi connectivity index (χ0) is 12.4. The Morgan fingerprint density at radius 3 is 2.38 bits per heavy atom. The van der Waals surface area contributed by atoms with Crippen LogP contribution in [0.2, 0.25) is 0 Å². The van der Waals surface area contributed by atoms with Gasteiger partial charge in [-0.3, -0.25) is 4.79 Å². The minimum Gasteiger partial charge on any atom is -0.466 e. The molecule has 0 aromatic rings. The largest absolute Gasteiger partial charge is 0.466 e. The lowest BCUT2D eigenvalue weighted by atomic mass is 10.4. The smallest absolute Gasteiger partial charge is 0.331 e. The molecule has 1 amide bonds. The van der Waals surface area contributed by atoms with Gasteiger partial charge in [0.25, 0.3) is 0 Å². The first-order valence-electron chi connectivity index (χ1n) is 4.79. The minimum atomic E-state index is -0.656. The Kier molecular flexibility index (Phi) is 7.48. The number of nitrogens with one attached hydrogen (secondary N) is 1. The Morgan fingerprint density at radius 1 is 1.19 bits per heavy atom. The second-order valence-corrected chi connectivity index (χ2v) is 2.73. The number of esters is 2. The monoisotopic (exact) mass is 229 g/mol. The first kappa shape index (κ1) is 14.2. The van der Waals surface area contributed by atoms with Crippen LogP contribution in [0.1, 0.15) is 13.3 Å². The van der Waals surface area contributed by atoms with E-state index in [0.717, 1.165) is 12.2 Å². The number of hydrogen-bond acceptors (Lipinski definition) is 5. The zero-order valence-corrected chi connectivity index (χ0v) is 9.32. The van der Waals surface area contributed by atoms with E-state index < -0.39 is 11.9 Å². The van der Waals surface area contributed by atoms with E-state index in [9.17, 15) is 14.4 Å². The normalized spacial score (nSPS) is 9.88. The minimum absolute atomic E-state index is 0.0656. The third kappa shape index (κ3) is 7.54. The van der Waals surface area contributed by atoms with Crippen LogP contribution in [0.4, 0.5) is 0 Å². The highest BCUT2D eigenvalue weighted by atomic mass is 16.5. The maximum absolute atomic E-state index is 10.9. The van der Waals surface area contributed by atoms with Gasteiger partial charge in [0.2, 0.25) is 5.91 Å². The Bertz CT molecular complexity index is 285. The second kappa shape index (κ2) is 8.46. The summed E-state index contributed by atoms with van der Waals surface area (Å²) in [4.78, 5) is 32.3. The summed E-state index contributed by atoms with van der Waals surface area (Å²) in [5.74, 6) is -1.39. The number of rotatable bonds is 6. The van der Waals surface area contributed by atoms with Crippen molar-refractivity contribution in [1.82, 2.24) is 5.32 Å². The third-order valence-corrected chi connectivity index (χ3v) is 1.55. The molecule has 0 atom stereocenters. The number of amides is 1. The van der Waals surface area contributed by atoms with Gasteiger partial charge in [-0.25, -0.2) is 9.59 Å². The van der Waals surface area contributed by atoms with Crippen LogP contribution < -0.4 is 5.32 Å². The highest BCUT2D eigenvalue weighted by Crippen LogP contribution is 1.84. The highest BCUT2D eigenvalue weighted by molar-refractivity contribution is 5.91. The fourth-order valence-corrected chi connectivity index (χ4v) is 0.719. The molecule has 0 aromatic carbocycles. The van der Waals surface area contributed by atoms with Gasteiger partial charge in [-0.1, -0.05) is 6.92 Å². The molecule has 16 heavy (non-hydrogen) atoms. The fourth-order valence-electron chi connectivity index (χ4n) is 0.719. The third-order valence-electron chi connectivity index (χ3n) is 1.55. The molecule has 0 aromatic heterocycles. The van der Waals surface area contributed by atoms with Crippen LogP contribution in [0.25, 0.3) is 0 Å². The fraction of sp³-hybridized carbons (Fsp3) is 0.500. The molecule has 0 bridgehead atoms. The highest BCUT2D eigenvalue weighted by Gasteiger charge is 2.00. The average Bonchev–Trinajstić information content (AvgIpc) is 2.31. The van der Waals surface area contributed by atoms with Crippen LogP contribution >= 0.6 is 0 Å². The predicted octanol–water partition coefficient (Wildman–Crippen LogP) is -0.215. The number of ether oxygens (including phenoxy) is 2. The molecule has 0 rings (SSSR count). The van der Waals surface area contributed by atoms with Gasteiger partial charge in [-0.2, -0.15) is 0 Å². The van der Waals surface area contributed by atoms with E-state index in [-0.39, 0.29) is 19.1 Å². The maximum Gasteiger partial charge on any atom is 0.331 e. The molecule has 0 aliphatic heterocycles. The quantitative estimate of drug-likeness (QED) is 0.387. The van der Waals surface area contributed by atoms with Crippen LogP contribution in [0.5, 0.6) is 0 Å². The summed E-state index contributed by atoms with van der Waals surface area (Å²) in [5.41, 5.74) is 0. The summed E-state index contributed by atoms with van der Waals surface area (Å²) in [6.45, 7) is 2.04. The molecule has 0 fully saturated rings. The van der Waals surface area contributed by atoms with Crippen molar-refractivity contribution < 1.29 is 23.9 Å². The maximum atomic E-state index is 10.9. The summed E-state index contributed by atoms with van der Waals surface area (Å²) in [7, 11) is 1.21. The summed E-state index contributed by atoms with van der Waals surface area (Å²) in [6, 6.07) is 0. The van der Waals surface area contributed by atoms with E-state index in [2.05, 4.69) is 14.8 Å². The Balaban J connectivity index is 3.62. The van der Waals surface area contributed by atoms with Crippen molar-refractivity contribution in [3.8, 4) is 0 Å². The van der Waals surface area contributed by atoms with Gasteiger partial charge in [0.05, 0.1) is 13.7 Å². The lowest BCUT2D eigenvalue weighted by Crippen LogP contribution is -2.26. The van der Waals surface area contributed by atoms with Crippen LogP contribution in [0.15, 0.2) is 12.2 Å². The Hall–Kier alpha value is -1.85. The van der Waals surface area contributed by atoms with Crippen molar-refractivity contribution in [3.05, 3.63) is 12.2 Å². The van der Waals surface area contributed by atoms with Gasteiger partial charge in [0, 0.05) is 18.6 Å². The SMILES string of the molecule is CCC(=O)NCCOC(=O)C=CC(=O)OC. The van der Waals surface area contributed by atoms with Crippen molar-refractivity contribution in [3.63, 3.8) is 0 Å². The van der Waals surface area contributed by atoms with Crippen LogP contribution in [-0.4, -0.2) is 38.1 Å². The first-order chi connectivity index (χ1) is 7.60. The number of carbonyl (C=O) groups excluding carboxylic acids is 3. The van der Waals surface area contributed by atoms with Crippen molar-refractivity contribution in [2.45, 2.75) is 13.3 Å². The van der Waals surface area contributed by atoms with Crippen molar-refractivity contribution >= 4 is 17.8 Å². The molecular weight excluding hydrogens is 214 g/mol. The van der Waals surface area contributed by atoms with Gasteiger partial charge in [-0.15, -0.1) is 0 Å². The topological polar surface area (TPSA) is 81.7 Å². The van der Waals surface area contributed by atoms with Gasteiger partial charge >= 0.3 is 11.9 Å². The molecule has 6 heteroatoms. The van der Waals surface area contributed by atoms with Crippen LogP contribution in [0, 0.1) is 0 Å². The molecule has 0 spiro atoms. The second-order valence-electron chi connectivity index (χ2n) is 2.73. The lowest BCUT2D eigenvalue weighted by Gasteiger charge is -2.03. The molecule has 0 unspecified atom stereocenters. The van der Waals surface area contributed by atoms with E-state index in [1.807, 2.05) is 0 Å². The van der Waals surface area contributed by atoms with Crippen LogP contribution in [-0.2, 0) is 23.9 Å². The van der Waals surface area contributed by atoms with Gasteiger partial charge in [0.1, 0.15) is 6.61 Å². The first-order valence-corrected chi connectivity index (χ1v) is 4.79. The summed E-state index contributed by atoms with van der Waals surface area (Å²) in [6.07, 6.45) is 2.32. The summed E-state index contributed by atoms with van der Waals surface area (Å²) in [5, 5.41) is 2.53. The predicted molar refractivity (Wildman–Crippen MR) is 55.4 cm³/mol. The van der Waals surface area contributed by atoms with Gasteiger partial charge < -0.3 is 14.8 Å². The molecule has 0 heterocycles. The van der Waals surface area contributed by atoms with Crippen molar-refractivity contribution in [2.75, 3.05) is 20.3 Å².